The number of carbonyl (C=O) groups is 4. The lowest BCUT2D eigenvalue weighted by Crippen LogP contribution is -2.52. The zero-order chi connectivity index (χ0) is 34.2. The molecule has 0 saturated heterocycles. The van der Waals surface area contributed by atoms with Crippen molar-refractivity contribution in [2.45, 2.75) is 45.2 Å². The van der Waals surface area contributed by atoms with Gasteiger partial charge in [0.05, 0.1) is 40.6 Å². The van der Waals surface area contributed by atoms with Crippen LogP contribution in [0.3, 0.4) is 0 Å². The Kier molecular flexibility index (Phi) is 10.5. The molecule has 0 aliphatic carbocycles. The van der Waals surface area contributed by atoms with E-state index in [-0.39, 0.29) is 18.0 Å². The Balaban J connectivity index is 0.000000178. The summed E-state index contributed by atoms with van der Waals surface area (Å²) in [4.78, 5) is 52.6. The number of anilines is 2. The normalized spacial score (nSPS) is 18.7. The molecule has 4 aromatic rings. The van der Waals surface area contributed by atoms with Crippen molar-refractivity contribution in [1.29, 1.82) is 0 Å². The fourth-order valence-electron chi connectivity index (χ4n) is 5.03. The van der Waals surface area contributed by atoms with Gasteiger partial charge in [-0.25, -0.2) is 19.6 Å². The number of carboxylic acids is 2. The first kappa shape index (κ1) is 34.0. The highest BCUT2D eigenvalue weighted by Crippen LogP contribution is 2.36. The van der Waals surface area contributed by atoms with Gasteiger partial charge in [0.1, 0.15) is 11.6 Å². The highest BCUT2D eigenvalue weighted by Gasteiger charge is 2.43. The number of hydrogen-bond donors (Lipinski definition) is 4. The van der Waals surface area contributed by atoms with Gasteiger partial charge in [0.15, 0.2) is 11.1 Å². The van der Waals surface area contributed by atoms with Crippen LogP contribution in [0.2, 0.25) is 0 Å². The number of nitrogens with one attached hydrogen (secondary N) is 2. The first-order chi connectivity index (χ1) is 22.3. The topological polar surface area (TPSA) is 158 Å². The molecule has 4 aromatic carbocycles. The molecule has 240 valence electrons. The van der Waals surface area contributed by atoms with Gasteiger partial charge in [0.25, 0.3) is 0 Å². The Morgan fingerprint density at radius 3 is 1.17 bits per heavy atom. The summed E-state index contributed by atoms with van der Waals surface area (Å²) in [6.45, 7) is 6.08. The van der Waals surface area contributed by atoms with E-state index in [0.29, 0.717) is 11.4 Å². The van der Waals surface area contributed by atoms with Gasteiger partial charge in [-0.05, 0) is 63.1 Å². The third kappa shape index (κ3) is 7.85. The van der Waals surface area contributed by atoms with Gasteiger partial charge in [-0.2, -0.15) is 0 Å². The molecule has 4 N–H and O–H groups in total. The Bertz CT molecular complexity index is 1720. The van der Waals surface area contributed by atoms with Crippen molar-refractivity contribution in [1.82, 2.24) is 0 Å². The molecule has 0 amide bonds. The molecule has 2 aliphatic rings. The molecule has 47 heavy (non-hydrogen) atoms. The second kappa shape index (κ2) is 14.5. The molecule has 0 fully saturated rings. The number of ketones is 2. The second-order valence-corrected chi connectivity index (χ2v) is 11.4. The van der Waals surface area contributed by atoms with E-state index in [2.05, 4.69) is 20.6 Å². The number of Topliss-reactive ketones (excluding diaryl/α,β-unsaturated/α-hetero) is 2. The molecule has 6 rings (SSSR count). The van der Waals surface area contributed by atoms with Crippen LogP contribution in [0.1, 0.15) is 45.2 Å². The molecule has 2 unspecified atom stereocenters. The number of benzene rings is 4. The number of carbonyl (C=O) groups excluding carboxylic acids is 2. The van der Waals surface area contributed by atoms with Crippen LogP contribution in [0, 0.1) is 0 Å². The van der Waals surface area contributed by atoms with Crippen LogP contribution in [-0.4, -0.2) is 56.2 Å². The highest BCUT2D eigenvalue weighted by molar-refractivity contribution is 6.23. The molecule has 0 radical (unpaired) electrons. The molecular weight excluding hydrogens is 596 g/mol. The van der Waals surface area contributed by atoms with Crippen molar-refractivity contribution in [3.63, 3.8) is 0 Å². The van der Waals surface area contributed by atoms with Gasteiger partial charge in [-0.1, -0.05) is 84.9 Å². The number of nitrogens with zero attached hydrogens (tertiary/aromatic N) is 2. The average Bonchev–Trinajstić information content (AvgIpc) is 3.04. The van der Waals surface area contributed by atoms with Crippen LogP contribution < -0.4 is 10.6 Å². The molecule has 0 bridgehead atoms. The zero-order valence-electron chi connectivity index (χ0n) is 26.5. The van der Waals surface area contributed by atoms with Crippen LogP contribution in [0.4, 0.5) is 22.7 Å². The van der Waals surface area contributed by atoms with E-state index in [1.54, 1.807) is 13.8 Å². The van der Waals surface area contributed by atoms with E-state index < -0.39 is 23.0 Å². The zero-order valence-corrected chi connectivity index (χ0v) is 26.5. The second-order valence-electron chi connectivity index (χ2n) is 11.4. The quantitative estimate of drug-likeness (QED) is 0.171. The number of fused-ring (bicyclic) bond motifs is 2. The minimum absolute atomic E-state index is 0.0625. The van der Waals surface area contributed by atoms with Crippen LogP contribution >= 0.6 is 0 Å². The van der Waals surface area contributed by atoms with E-state index >= 15 is 0 Å². The van der Waals surface area contributed by atoms with Gasteiger partial charge < -0.3 is 20.8 Å². The van der Waals surface area contributed by atoms with Gasteiger partial charge >= 0.3 is 11.9 Å². The summed E-state index contributed by atoms with van der Waals surface area (Å²) in [5.41, 5.74) is 3.14. The molecule has 2 aliphatic heterocycles. The molecule has 2 heterocycles. The van der Waals surface area contributed by atoms with Crippen LogP contribution in [0.5, 0.6) is 0 Å². The standard InChI is InChI=1S/2C16H14N2O2.C5H8O2/c2*1-16(15(19)20)14(11-7-3-2-4-8-11)17-12-9-5-6-10-13(12)18-16;1-4(6)3-5(2)7/h2*2-10,18H,1H3,(H,19,20);3H2,1-2H3. The Morgan fingerprint density at radius 1 is 0.553 bits per heavy atom. The van der Waals surface area contributed by atoms with Crippen molar-refractivity contribution in [3.05, 3.63) is 120 Å². The fourth-order valence-corrected chi connectivity index (χ4v) is 5.03. The van der Waals surface area contributed by atoms with Crippen molar-refractivity contribution < 1.29 is 29.4 Å². The Hall–Kier alpha value is -5.90. The predicted octanol–water partition coefficient (Wildman–Crippen LogP) is 6.71. The van der Waals surface area contributed by atoms with Crippen molar-refractivity contribution in [2.24, 2.45) is 9.98 Å². The van der Waals surface area contributed by atoms with Gasteiger partial charge in [-0.15, -0.1) is 0 Å². The summed E-state index contributed by atoms with van der Waals surface area (Å²) in [6, 6.07) is 33.7. The van der Waals surface area contributed by atoms with Gasteiger partial charge in [0, 0.05) is 0 Å². The molecule has 2 atom stereocenters. The maximum Gasteiger partial charge on any atom is 0.335 e. The number of hydrogen-bond acceptors (Lipinski definition) is 8. The Morgan fingerprint density at radius 2 is 0.872 bits per heavy atom. The number of rotatable bonds is 6. The van der Waals surface area contributed by atoms with E-state index in [0.717, 1.165) is 33.9 Å². The molecule has 0 aromatic heterocycles. The number of para-hydroxylation sites is 4. The molecule has 10 nitrogen and oxygen atoms in total. The number of aliphatic imine (C=N–C) groups is 2. The van der Waals surface area contributed by atoms with E-state index in [1.165, 1.54) is 13.8 Å². The van der Waals surface area contributed by atoms with E-state index in [1.807, 2.05) is 109 Å². The summed E-state index contributed by atoms with van der Waals surface area (Å²) in [5.74, 6) is -2.02. The smallest absolute Gasteiger partial charge is 0.335 e. The predicted molar refractivity (Wildman–Crippen MR) is 183 cm³/mol. The molecule has 0 saturated carbocycles. The lowest BCUT2D eigenvalue weighted by Gasteiger charge is -2.33. The van der Waals surface area contributed by atoms with Gasteiger partial charge in [0.2, 0.25) is 0 Å². The maximum atomic E-state index is 11.7. The third-order valence-electron chi connectivity index (χ3n) is 7.44. The summed E-state index contributed by atoms with van der Waals surface area (Å²) < 4.78 is 0. The van der Waals surface area contributed by atoms with Crippen LogP contribution in [-0.2, 0) is 19.2 Å². The summed E-state index contributed by atoms with van der Waals surface area (Å²) >= 11 is 0. The number of aliphatic carboxylic acids is 2. The van der Waals surface area contributed by atoms with Crippen LogP contribution in [0.25, 0.3) is 0 Å². The third-order valence-corrected chi connectivity index (χ3v) is 7.44. The lowest BCUT2D eigenvalue weighted by atomic mass is 9.88. The summed E-state index contributed by atoms with van der Waals surface area (Å²) in [7, 11) is 0. The van der Waals surface area contributed by atoms with Crippen molar-refractivity contribution in [2.75, 3.05) is 10.6 Å². The SMILES string of the molecule is CC(=O)CC(C)=O.CC1(C(=O)O)Nc2ccccc2N=C1c1ccccc1.CC1(C(=O)O)Nc2ccccc2N=C1c1ccccc1. The number of carboxylic acid groups (broad SMARTS) is 2. The Labute approximate surface area is 272 Å². The molecule has 10 heteroatoms. The van der Waals surface area contributed by atoms with Crippen molar-refractivity contribution >= 4 is 57.7 Å². The minimum Gasteiger partial charge on any atom is -0.479 e. The van der Waals surface area contributed by atoms with E-state index in [9.17, 15) is 29.4 Å². The van der Waals surface area contributed by atoms with Crippen molar-refractivity contribution in [3.8, 4) is 0 Å². The lowest BCUT2D eigenvalue weighted by molar-refractivity contribution is -0.140. The van der Waals surface area contributed by atoms with Crippen LogP contribution in [0.15, 0.2) is 119 Å². The average molecular weight is 633 g/mol. The minimum atomic E-state index is -1.24. The molecular formula is C37H36N4O6. The van der Waals surface area contributed by atoms with E-state index in [4.69, 9.17) is 0 Å². The molecule has 0 spiro atoms. The first-order valence-corrected chi connectivity index (χ1v) is 14.8. The fraction of sp³-hybridized carbons (Fsp3) is 0.189. The maximum absolute atomic E-state index is 11.7. The first-order valence-electron chi connectivity index (χ1n) is 14.8. The summed E-state index contributed by atoms with van der Waals surface area (Å²) in [5, 5.41) is 25.4. The summed E-state index contributed by atoms with van der Waals surface area (Å²) in [6.07, 6.45) is 0.0833. The largest absolute Gasteiger partial charge is 0.479 e. The van der Waals surface area contributed by atoms with Gasteiger partial charge in [-0.3, -0.25) is 9.59 Å². The highest BCUT2D eigenvalue weighted by atomic mass is 16.4. The monoisotopic (exact) mass is 632 g/mol.